The van der Waals surface area contributed by atoms with Crippen LogP contribution in [0, 0.1) is 0 Å². The summed E-state index contributed by atoms with van der Waals surface area (Å²) in [5, 5.41) is 8.79. The van der Waals surface area contributed by atoms with Gasteiger partial charge in [0.2, 0.25) is 10.0 Å². The third-order valence-electron chi connectivity index (χ3n) is 2.98. The monoisotopic (exact) mass is 329 g/mol. The second-order valence-corrected chi connectivity index (χ2v) is 6.68. The normalized spacial score (nSPS) is 23.4. The van der Waals surface area contributed by atoms with Crippen LogP contribution in [0.25, 0.3) is 0 Å². The molecule has 0 atom stereocenters. The molecule has 2 rings (SSSR count). The Balaban J connectivity index is 2.31. The molecular weight excluding hydrogens is 319 g/mol. The van der Waals surface area contributed by atoms with Crippen molar-refractivity contribution in [2.24, 2.45) is 0 Å². The summed E-state index contributed by atoms with van der Waals surface area (Å²) < 4.78 is 64.0. The van der Waals surface area contributed by atoms with Crippen LogP contribution >= 0.6 is 11.6 Å². The first-order chi connectivity index (χ1) is 9.09. The summed E-state index contributed by atoms with van der Waals surface area (Å²) in [4.78, 5) is -0.615. The van der Waals surface area contributed by atoms with E-state index in [1.54, 1.807) is 0 Å². The number of halogens is 4. The number of alkyl halides is 3. The van der Waals surface area contributed by atoms with Crippen LogP contribution in [0.5, 0.6) is 0 Å². The number of sulfonamides is 1. The van der Waals surface area contributed by atoms with Gasteiger partial charge < -0.3 is 5.11 Å². The molecule has 0 bridgehead atoms. The number of nitrogens with one attached hydrogen (secondary N) is 1. The fourth-order valence-corrected chi connectivity index (χ4v) is 3.64. The molecule has 0 aliphatic heterocycles. The molecule has 0 heterocycles. The highest BCUT2D eigenvalue weighted by Gasteiger charge is 2.35. The molecule has 1 aromatic rings. The van der Waals surface area contributed by atoms with Gasteiger partial charge in [-0.1, -0.05) is 11.6 Å². The van der Waals surface area contributed by atoms with Gasteiger partial charge in [-0.05, 0) is 31.0 Å². The molecule has 0 unspecified atom stereocenters. The average molecular weight is 330 g/mol. The van der Waals surface area contributed by atoms with Gasteiger partial charge in [-0.2, -0.15) is 13.2 Å². The van der Waals surface area contributed by atoms with Gasteiger partial charge >= 0.3 is 6.18 Å². The van der Waals surface area contributed by atoms with Crippen LogP contribution < -0.4 is 4.72 Å². The van der Waals surface area contributed by atoms with Crippen molar-refractivity contribution >= 4 is 21.6 Å². The molecule has 1 aliphatic rings. The predicted octanol–water partition coefficient (Wildman–Crippen LogP) is 2.16. The molecule has 0 saturated heterocycles. The van der Waals surface area contributed by atoms with E-state index < -0.39 is 38.8 Å². The van der Waals surface area contributed by atoms with Crippen molar-refractivity contribution in [2.75, 3.05) is 0 Å². The Morgan fingerprint density at radius 3 is 2.40 bits per heavy atom. The number of hydrogen-bond donors (Lipinski definition) is 2. The van der Waals surface area contributed by atoms with E-state index in [1.165, 1.54) is 0 Å². The number of aliphatic hydroxyl groups is 1. The van der Waals surface area contributed by atoms with Gasteiger partial charge in [-0.3, -0.25) is 0 Å². The van der Waals surface area contributed by atoms with E-state index in [1.807, 2.05) is 0 Å². The number of hydrogen-bond acceptors (Lipinski definition) is 3. The van der Waals surface area contributed by atoms with E-state index >= 15 is 0 Å². The van der Waals surface area contributed by atoms with E-state index in [4.69, 9.17) is 16.7 Å². The SMILES string of the molecule is O=S(=O)(NC1CC(O)C1)c1cc(C(F)(F)F)ccc1Cl. The van der Waals surface area contributed by atoms with Gasteiger partial charge in [-0.15, -0.1) is 0 Å². The molecular formula is C11H11ClF3NO3S. The standard InChI is InChI=1S/C11H11ClF3NO3S/c12-9-2-1-6(11(13,14)15)3-10(9)20(18,19)16-7-4-8(17)5-7/h1-3,7-8,16-17H,4-5H2. The summed E-state index contributed by atoms with van der Waals surface area (Å²) in [6.07, 6.45) is -4.77. The zero-order chi connectivity index (χ0) is 15.1. The molecule has 1 fully saturated rings. The van der Waals surface area contributed by atoms with Crippen molar-refractivity contribution in [1.82, 2.24) is 4.72 Å². The van der Waals surface area contributed by atoms with E-state index in [0.29, 0.717) is 12.1 Å². The lowest BCUT2D eigenvalue weighted by molar-refractivity contribution is -0.137. The summed E-state index contributed by atoms with van der Waals surface area (Å²) in [5.41, 5.74) is -1.09. The quantitative estimate of drug-likeness (QED) is 0.893. The molecule has 0 radical (unpaired) electrons. The molecule has 9 heteroatoms. The van der Waals surface area contributed by atoms with Crippen LogP contribution in [-0.4, -0.2) is 25.7 Å². The third-order valence-corrected chi connectivity index (χ3v) is 4.99. The molecule has 0 spiro atoms. The van der Waals surface area contributed by atoms with Crippen molar-refractivity contribution in [3.8, 4) is 0 Å². The predicted molar refractivity (Wildman–Crippen MR) is 65.8 cm³/mol. The van der Waals surface area contributed by atoms with Gasteiger partial charge in [0.15, 0.2) is 0 Å². The lowest BCUT2D eigenvalue weighted by atomic mass is 9.91. The van der Waals surface area contributed by atoms with Crippen LogP contribution in [0.1, 0.15) is 18.4 Å². The Morgan fingerprint density at radius 2 is 1.90 bits per heavy atom. The first-order valence-corrected chi connectivity index (χ1v) is 7.53. The summed E-state index contributed by atoms with van der Waals surface area (Å²) in [5.74, 6) is 0. The van der Waals surface area contributed by atoms with Crippen molar-refractivity contribution in [3.05, 3.63) is 28.8 Å². The van der Waals surface area contributed by atoms with Gasteiger partial charge in [-0.25, -0.2) is 13.1 Å². The fourth-order valence-electron chi connectivity index (χ4n) is 1.85. The summed E-state index contributed by atoms with van der Waals surface area (Å²) >= 11 is 5.67. The Hall–Kier alpha value is -0.830. The maximum atomic E-state index is 12.6. The van der Waals surface area contributed by atoms with Crippen molar-refractivity contribution in [2.45, 2.75) is 36.1 Å². The zero-order valence-electron chi connectivity index (χ0n) is 9.98. The highest BCUT2D eigenvalue weighted by Crippen LogP contribution is 2.33. The largest absolute Gasteiger partial charge is 0.416 e. The van der Waals surface area contributed by atoms with Crippen molar-refractivity contribution in [1.29, 1.82) is 0 Å². The minimum atomic E-state index is -4.65. The second kappa shape index (κ2) is 5.18. The van der Waals surface area contributed by atoms with Crippen LogP contribution in [0.4, 0.5) is 13.2 Å². The highest BCUT2D eigenvalue weighted by molar-refractivity contribution is 7.89. The van der Waals surface area contributed by atoms with Gasteiger partial charge in [0.25, 0.3) is 0 Å². The first-order valence-electron chi connectivity index (χ1n) is 5.67. The average Bonchev–Trinajstić information content (AvgIpc) is 2.25. The minimum absolute atomic E-state index is 0.232. The lowest BCUT2D eigenvalue weighted by Crippen LogP contribution is -2.46. The van der Waals surface area contributed by atoms with Crippen molar-refractivity contribution < 1.29 is 26.7 Å². The molecule has 2 N–H and O–H groups in total. The third kappa shape index (κ3) is 3.25. The summed E-state index contributed by atoms with van der Waals surface area (Å²) in [6, 6.07) is 1.63. The van der Waals surface area contributed by atoms with Crippen molar-refractivity contribution in [3.63, 3.8) is 0 Å². The van der Waals surface area contributed by atoms with Gasteiger partial charge in [0.05, 0.1) is 16.7 Å². The molecule has 1 saturated carbocycles. The van der Waals surface area contributed by atoms with E-state index in [0.717, 1.165) is 6.07 Å². The topological polar surface area (TPSA) is 66.4 Å². The van der Waals surface area contributed by atoms with Crippen LogP contribution in [0.15, 0.2) is 23.1 Å². The first kappa shape index (κ1) is 15.6. The Labute approximate surface area is 118 Å². The molecule has 4 nitrogen and oxygen atoms in total. The summed E-state index contributed by atoms with van der Waals surface area (Å²) in [7, 11) is -4.15. The van der Waals surface area contributed by atoms with Crippen LogP contribution in [0.2, 0.25) is 5.02 Å². The molecule has 112 valence electrons. The number of aliphatic hydroxyl groups excluding tert-OH is 1. The fraction of sp³-hybridized carbons (Fsp3) is 0.455. The minimum Gasteiger partial charge on any atom is -0.393 e. The molecule has 0 amide bonds. The van der Waals surface area contributed by atoms with Gasteiger partial charge in [0.1, 0.15) is 4.90 Å². The number of benzene rings is 1. The Kier molecular flexibility index (Phi) is 4.03. The Bertz CT molecular complexity index is 612. The highest BCUT2D eigenvalue weighted by atomic mass is 35.5. The second-order valence-electron chi connectivity index (χ2n) is 4.59. The van der Waals surface area contributed by atoms with Gasteiger partial charge in [0, 0.05) is 6.04 Å². The molecule has 0 aromatic heterocycles. The van der Waals surface area contributed by atoms with Crippen LogP contribution in [-0.2, 0) is 16.2 Å². The van der Waals surface area contributed by atoms with Crippen LogP contribution in [0.3, 0.4) is 0 Å². The lowest BCUT2D eigenvalue weighted by Gasteiger charge is -2.31. The summed E-state index contributed by atoms with van der Waals surface area (Å²) in [6.45, 7) is 0. The maximum Gasteiger partial charge on any atom is 0.416 e. The molecule has 1 aliphatic carbocycles. The smallest absolute Gasteiger partial charge is 0.393 e. The molecule has 20 heavy (non-hydrogen) atoms. The number of rotatable bonds is 3. The molecule has 1 aromatic carbocycles. The zero-order valence-corrected chi connectivity index (χ0v) is 11.6. The maximum absolute atomic E-state index is 12.6. The van der Waals surface area contributed by atoms with E-state index in [9.17, 15) is 21.6 Å². The van der Waals surface area contributed by atoms with E-state index in [-0.39, 0.29) is 17.9 Å². The van der Waals surface area contributed by atoms with E-state index in [2.05, 4.69) is 4.72 Å². The Morgan fingerprint density at radius 1 is 1.30 bits per heavy atom.